The fraction of sp³-hybridized carbons (Fsp3) is 0.0909. The Bertz CT molecular complexity index is 657. The summed E-state index contributed by atoms with van der Waals surface area (Å²) >= 11 is 0.720. The Labute approximate surface area is 109 Å². The number of benzene rings is 1. The maximum absolute atomic E-state index is 13.7. The molecule has 2 aromatic rings. The molecule has 0 bridgehead atoms. The van der Waals surface area contributed by atoms with Crippen LogP contribution in [-0.2, 0) is 0 Å². The predicted octanol–water partition coefficient (Wildman–Crippen LogP) is 3.18. The van der Waals surface area contributed by atoms with Crippen molar-refractivity contribution in [2.24, 2.45) is 0 Å². The van der Waals surface area contributed by atoms with E-state index in [1.165, 1.54) is 6.26 Å². The summed E-state index contributed by atoms with van der Waals surface area (Å²) in [5.41, 5.74) is -1.00. The van der Waals surface area contributed by atoms with Crippen LogP contribution in [-0.4, -0.2) is 22.5 Å². The van der Waals surface area contributed by atoms with E-state index in [9.17, 15) is 18.0 Å². The first-order valence-corrected chi connectivity index (χ1v) is 6.10. The lowest BCUT2D eigenvalue weighted by molar-refractivity contribution is 0.0686. The summed E-state index contributed by atoms with van der Waals surface area (Å²) in [4.78, 5) is 10.1. The molecule has 0 aliphatic carbocycles. The van der Waals surface area contributed by atoms with Crippen LogP contribution in [0, 0.1) is 17.5 Å². The maximum Gasteiger partial charge on any atom is 0.358 e. The third-order valence-corrected chi connectivity index (χ3v) is 3.10. The number of aromatic carboxylic acids is 1. The van der Waals surface area contributed by atoms with Gasteiger partial charge in [-0.15, -0.1) is 11.8 Å². The molecule has 100 valence electrons. The highest BCUT2D eigenvalue weighted by Gasteiger charge is 2.22. The van der Waals surface area contributed by atoms with Gasteiger partial charge in [0.2, 0.25) is 0 Å². The van der Waals surface area contributed by atoms with Gasteiger partial charge in [0.1, 0.15) is 5.82 Å². The van der Waals surface area contributed by atoms with Crippen molar-refractivity contribution < 1.29 is 27.6 Å². The normalized spacial score (nSPS) is 10.7. The van der Waals surface area contributed by atoms with Gasteiger partial charge in [-0.2, -0.15) is 0 Å². The Morgan fingerprint density at radius 3 is 2.53 bits per heavy atom. The molecular weight excluding hydrogens is 283 g/mol. The Morgan fingerprint density at radius 2 is 2.00 bits per heavy atom. The number of aromatic nitrogens is 1. The number of thioether (sulfide) groups is 1. The average Bonchev–Trinajstić information content (AvgIpc) is 2.84. The van der Waals surface area contributed by atoms with Crippen molar-refractivity contribution in [1.29, 1.82) is 0 Å². The molecule has 0 radical (unpaired) electrons. The molecule has 0 aliphatic rings. The number of carbonyl (C=O) groups is 1. The average molecular weight is 289 g/mol. The van der Waals surface area contributed by atoms with Gasteiger partial charge in [-0.25, -0.2) is 18.0 Å². The van der Waals surface area contributed by atoms with Crippen LogP contribution in [0.25, 0.3) is 11.3 Å². The van der Waals surface area contributed by atoms with Crippen molar-refractivity contribution in [2.45, 2.75) is 4.90 Å². The molecule has 2 rings (SSSR count). The number of hydrogen-bond acceptors (Lipinski definition) is 4. The Kier molecular flexibility index (Phi) is 3.52. The minimum Gasteiger partial charge on any atom is -0.476 e. The Hall–Kier alpha value is -1.96. The summed E-state index contributed by atoms with van der Waals surface area (Å²) in [6.07, 6.45) is 1.40. The molecule has 0 amide bonds. The largest absolute Gasteiger partial charge is 0.476 e. The minimum absolute atomic E-state index is 0.361. The van der Waals surface area contributed by atoms with Gasteiger partial charge in [0.25, 0.3) is 0 Å². The summed E-state index contributed by atoms with van der Waals surface area (Å²) in [6, 6.07) is 1.62. The zero-order chi connectivity index (χ0) is 14.2. The number of carboxylic acids is 1. The number of rotatable bonds is 3. The van der Waals surface area contributed by atoms with E-state index in [2.05, 4.69) is 9.68 Å². The minimum atomic E-state index is -1.39. The van der Waals surface area contributed by atoms with Gasteiger partial charge < -0.3 is 9.63 Å². The van der Waals surface area contributed by atoms with Gasteiger partial charge in [0, 0.05) is 6.07 Å². The van der Waals surface area contributed by atoms with E-state index in [0.717, 1.165) is 23.9 Å². The zero-order valence-electron chi connectivity index (χ0n) is 9.41. The fourth-order valence-electron chi connectivity index (χ4n) is 1.45. The Balaban J connectivity index is 2.59. The van der Waals surface area contributed by atoms with Gasteiger partial charge in [0.05, 0.1) is 10.5 Å². The lowest BCUT2D eigenvalue weighted by Gasteiger charge is -2.05. The van der Waals surface area contributed by atoms with Crippen molar-refractivity contribution in [1.82, 2.24) is 5.16 Å². The van der Waals surface area contributed by atoms with Crippen molar-refractivity contribution in [3.63, 3.8) is 0 Å². The molecule has 8 heteroatoms. The van der Waals surface area contributed by atoms with E-state index in [1.807, 2.05) is 0 Å². The summed E-state index contributed by atoms with van der Waals surface area (Å²) in [6.45, 7) is 0. The number of carboxylic acid groups (broad SMARTS) is 1. The van der Waals surface area contributed by atoms with Gasteiger partial charge in [0.15, 0.2) is 23.1 Å². The van der Waals surface area contributed by atoms with E-state index in [0.29, 0.717) is 0 Å². The summed E-state index contributed by atoms with van der Waals surface area (Å²) in [5, 5.41) is 11.8. The summed E-state index contributed by atoms with van der Waals surface area (Å²) in [5.74, 6) is -5.39. The Morgan fingerprint density at radius 1 is 1.32 bits per heavy atom. The van der Waals surface area contributed by atoms with Crippen LogP contribution in [0.5, 0.6) is 0 Å². The van der Waals surface area contributed by atoms with Gasteiger partial charge >= 0.3 is 5.97 Å². The van der Waals surface area contributed by atoms with Crippen LogP contribution in [0.1, 0.15) is 10.5 Å². The second-order valence-electron chi connectivity index (χ2n) is 3.45. The molecule has 1 N–H and O–H groups in total. The lowest BCUT2D eigenvalue weighted by Crippen LogP contribution is -1.96. The molecule has 19 heavy (non-hydrogen) atoms. The molecule has 1 aromatic heterocycles. The van der Waals surface area contributed by atoms with Crippen LogP contribution >= 0.6 is 11.8 Å². The van der Waals surface area contributed by atoms with Gasteiger partial charge in [-0.3, -0.25) is 0 Å². The van der Waals surface area contributed by atoms with E-state index < -0.39 is 39.6 Å². The van der Waals surface area contributed by atoms with Crippen LogP contribution in [0.2, 0.25) is 0 Å². The topological polar surface area (TPSA) is 63.3 Å². The second kappa shape index (κ2) is 4.96. The molecule has 0 atom stereocenters. The van der Waals surface area contributed by atoms with E-state index in [4.69, 9.17) is 5.11 Å². The standard InChI is InChI=1S/C11H6F3NO3S/c1-19-10-5(12)2-4(8(13)9(10)14)7-3-6(11(16)17)15-18-7/h2-3H,1H3,(H,16,17). The maximum atomic E-state index is 13.7. The highest BCUT2D eigenvalue weighted by Crippen LogP contribution is 2.32. The van der Waals surface area contributed by atoms with E-state index >= 15 is 0 Å². The van der Waals surface area contributed by atoms with Crippen LogP contribution in [0.4, 0.5) is 13.2 Å². The molecule has 0 saturated heterocycles. The van der Waals surface area contributed by atoms with E-state index in [-0.39, 0.29) is 5.76 Å². The molecule has 4 nitrogen and oxygen atoms in total. The fourth-order valence-corrected chi connectivity index (χ4v) is 1.97. The molecular formula is C11H6F3NO3S. The van der Waals surface area contributed by atoms with Crippen LogP contribution in [0.3, 0.4) is 0 Å². The molecule has 0 aliphatic heterocycles. The van der Waals surface area contributed by atoms with Crippen molar-refractivity contribution in [3.05, 3.63) is 35.3 Å². The molecule has 0 fully saturated rings. The smallest absolute Gasteiger partial charge is 0.358 e. The van der Waals surface area contributed by atoms with Crippen molar-refractivity contribution >= 4 is 17.7 Å². The monoisotopic (exact) mass is 289 g/mol. The molecule has 0 unspecified atom stereocenters. The first kappa shape index (κ1) is 13.5. The first-order valence-electron chi connectivity index (χ1n) is 4.87. The van der Waals surface area contributed by atoms with Crippen LogP contribution < -0.4 is 0 Å². The third-order valence-electron chi connectivity index (χ3n) is 2.32. The van der Waals surface area contributed by atoms with E-state index in [1.54, 1.807) is 0 Å². The number of halogens is 3. The highest BCUT2D eigenvalue weighted by atomic mass is 32.2. The highest BCUT2D eigenvalue weighted by molar-refractivity contribution is 7.98. The quantitative estimate of drug-likeness (QED) is 0.694. The number of nitrogens with zero attached hydrogens (tertiary/aromatic N) is 1. The van der Waals surface area contributed by atoms with Crippen molar-refractivity contribution in [3.8, 4) is 11.3 Å². The van der Waals surface area contributed by atoms with Gasteiger partial charge in [-0.05, 0) is 12.3 Å². The molecule has 1 heterocycles. The first-order chi connectivity index (χ1) is 8.95. The van der Waals surface area contributed by atoms with Gasteiger partial charge in [-0.1, -0.05) is 5.16 Å². The SMILES string of the molecule is CSc1c(F)cc(-c2cc(C(=O)O)no2)c(F)c1F. The van der Waals surface area contributed by atoms with Crippen LogP contribution in [0.15, 0.2) is 21.6 Å². The molecule has 1 aromatic carbocycles. The lowest BCUT2D eigenvalue weighted by atomic mass is 10.1. The second-order valence-corrected chi connectivity index (χ2v) is 4.27. The molecule has 0 spiro atoms. The zero-order valence-corrected chi connectivity index (χ0v) is 10.2. The predicted molar refractivity (Wildman–Crippen MR) is 60.6 cm³/mol. The van der Waals surface area contributed by atoms with Crippen molar-refractivity contribution in [2.75, 3.05) is 6.26 Å². The summed E-state index contributed by atoms with van der Waals surface area (Å²) < 4.78 is 45.4. The third kappa shape index (κ3) is 2.30. The summed E-state index contributed by atoms with van der Waals surface area (Å²) in [7, 11) is 0. The number of hydrogen-bond donors (Lipinski definition) is 1. The molecule has 0 saturated carbocycles.